The van der Waals surface area contributed by atoms with Gasteiger partial charge in [0.15, 0.2) is 0 Å². The Morgan fingerprint density at radius 2 is 2.35 bits per heavy atom. The SMILES string of the molecule is COc1cc2c(cc1-c1ncc(C(=O)O)[nH]1)OC(C)C2. The molecule has 3 rings (SSSR count). The van der Waals surface area contributed by atoms with E-state index in [0.717, 1.165) is 17.7 Å². The number of carbonyl (C=O) groups is 1. The summed E-state index contributed by atoms with van der Waals surface area (Å²) in [6, 6.07) is 3.75. The van der Waals surface area contributed by atoms with Crippen LogP contribution in [0.1, 0.15) is 23.0 Å². The van der Waals surface area contributed by atoms with Crippen molar-refractivity contribution in [2.75, 3.05) is 7.11 Å². The van der Waals surface area contributed by atoms with Gasteiger partial charge in [-0.3, -0.25) is 0 Å². The van der Waals surface area contributed by atoms with E-state index in [1.807, 2.05) is 19.1 Å². The largest absolute Gasteiger partial charge is 0.496 e. The van der Waals surface area contributed by atoms with Gasteiger partial charge in [-0.25, -0.2) is 9.78 Å². The Bertz CT molecular complexity index is 678. The molecule has 104 valence electrons. The second-order valence-electron chi connectivity index (χ2n) is 4.74. The maximum Gasteiger partial charge on any atom is 0.353 e. The fourth-order valence-corrected chi connectivity index (χ4v) is 2.36. The quantitative estimate of drug-likeness (QED) is 0.895. The van der Waals surface area contributed by atoms with Crippen LogP contribution < -0.4 is 9.47 Å². The first-order valence-electron chi connectivity index (χ1n) is 6.24. The number of hydrogen-bond acceptors (Lipinski definition) is 4. The van der Waals surface area contributed by atoms with Gasteiger partial charge in [-0.15, -0.1) is 0 Å². The molecule has 6 nitrogen and oxygen atoms in total. The second kappa shape index (κ2) is 4.56. The van der Waals surface area contributed by atoms with Gasteiger partial charge in [0.1, 0.15) is 29.1 Å². The molecule has 1 unspecified atom stereocenters. The second-order valence-corrected chi connectivity index (χ2v) is 4.74. The summed E-state index contributed by atoms with van der Waals surface area (Å²) in [4.78, 5) is 17.8. The Kier molecular flexibility index (Phi) is 2.85. The molecule has 2 N–H and O–H groups in total. The van der Waals surface area contributed by atoms with Crippen molar-refractivity contribution < 1.29 is 19.4 Å². The molecule has 0 radical (unpaired) electrons. The Balaban J connectivity index is 2.08. The van der Waals surface area contributed by atoms with E-state index in [1.54, 1.807) is 7.11 Å². The van der Waals surface area contributed by atoms with Gasteiger partial charge in [0.25, 0.3) is 0 Å². The maximum absolute atomic E-state index is 10.9. The highest BCUT2D eigenvalue weighted by atomic mass is 16.5. The monoisotopic (exact) mass is 274 g/mol. The van der Waals surface area contributed by atoms with Crippen LogP contribution in [0.15, 0.2) is 18.3 Å². The smallest absolute Gasteiger partial charge is 0.353 e. The first kappa shape index (κ1) is 12.5. The van der Waals surface area contributed by atoms with E-state index >= 15 is 0 Å². The van der Waals surface area contributed by atoms with E-state index in [2.05, 4.69) is 9.97 Å². The highest BCUT2D eigenvalue weighted by Gasteiger charge is 2.23. The standard InChI is InChI=1S/C14H14N2O4/c1-7-3-8-4-12(19-2)9(5-11(8)20-7)13-15-6-10(16-13)14(17)18/h4-7H,3H2,1-2H3,(H,15,16)(H,17,18). The lowest BCUT2D eigenvalue weighted by Gasteiger charge is -2.09. The molecule has 0 saturated carbocycles. The summed E-state index contributed by atoms with van der Waals surface area (Å²) >= 11 is 0. The average molecular weight is 274 g/mol. The first-order chi connectivity index (χ1) is 9.58. The van der Waals surface area contributed by atoms with Crippen molar-refractivity contribution in [1.29, 1.82) is 0 Å². The number of imidazole rings is 1. The number of nitrogens with zero attached hydrogens (tertiary/aromatic N) is 1. The number of hydrogen-bond donors (Lipinski definition) is 2. The van der Waals surface area contributed by atoms with Gasteiger partial charge >= 0.3 is 5.97 Å². The first-order valence-corrected chi connectivity index (χ1v) is 6.24. The number of benzene rings is 1. The summed E-state index contributed by atoms with van der Waals surface area (Å²) in [5, 5.41) is 8.93. The molecule has 6 heteroatoms. The minimum absolute atomic E-state index is 0.0387. The van der Waals surface area contributed by atoms with Crippen molar-refractivity contribution in [2.45, 2.75) is 19.4 Å². The molecule has 0 spiro atoms. The Morgan fingerprint density at radius 3 is 3.00 bits per heavy atom. The zero-order chi connectivity index (χ0) is 14.3. The number of carboxylic acids is 1. The number of ether oxygens (including phenoxy) is 2. The molecule has 20 heavy (non-hydrogen) atoms. The molecule has 0 bridgehead atoms. The van der Waals surface area contributed by atoms with Gasteiger partial charge in [-0.05, 0) is 19.1 Å². The Morgan fingerprint density at radius 1 is 1.55 bits per heavy atom. The minimum atomic E-state index is -1.05. The predicted octanol–water partition coefficient (Wildman–Crippen LogP) is 2.11. The van der Waals surface area contributed by atoms with Crippen LogP contribution in [0.3, 0.4) is 0 Å². The predicted molar refractivity (Wildman–Crippen MR) is 71.3 cm³/mol. The van der Waals surface area contributed by atoms with Gasteiger partial charge in [-0.2, -0.15) is 0 Å². The van der Waals surface area contributed by atoms with Gasteiger partial charge in [0, 0.05) is 12.0 Å². The average Bonchev–Trinajstić information content (AvgIpc) is 3.01. The lowest BCUT2D eigenvalue weighted by molar-refractivity contribution is 0.0691. The summed E-state index contributed by atoms with van der Waals surface area (Å²) < 4.78 is 11.1. The number of aromatic carboxylic acids is 1. The number of rotatable bonds is 3. The van der Waals surface area contributed by atoms with Crippen LogP contribution in [0.4, 0.5) is 0 Å². The number of methoxy groups -OCH3 is 1. The van der Waals surface area contributed by atoms with E-state index in [4.69, 9.17) is 14.6 Å². The van der Waals surface area contributed by atoms with Crippen molar-refractivity contribution in [3.63, 3.8) is 0 Å². The van der Waals surface area contributed by atoms with Crippen molar-refractivity contribution in [1.82, 2.24) is 9.97 Å². The van der Waals surface area contributed by atoms with Crippen LogP contribution in [-0.2, 0) is 6.42 Å². The zero-order valence-electron chi connectivity index (χ0n) is 11.1. The van der Waals surface area contributed by atoms with Crippen LogP contribution in [0.2, 0.25) is 0 Å². The maximum atomic E-state index is 10.9. The van der Waals surface area contributed by atoms with E-state index in [1.165, 1.54) is 6.20 Å². The summed E-state index contributed by atoms with van der Waals surface area (Å²) in [6.07, 6.45) is 2.26. The fourth-order valence-electron chi connectivity index (χ4n) is 2.36. The van der Waals surface area contributed by atoms with Crippen LogP contribution in [0.25, 0.3) is 11.4 Å². The van der Waals surface area contributed by atoms with Gasteiger partial charge in [-0.1, -0.05) is 0 Å². The normalized spacial score (nSPS) is 16.6. The molecule has 2 heterocycles. The summed E-state index contributed by atoms with van der Waals surface area (Å²) in [6.45, 7) is 2.00. The molecule has 1 aliphatic rings. The number of carboxylic acid groups (broad SMARTS) is 1. The molecule has 0 fully saturated rings. The third-order valence-electron chi connectivity index (χ3n) is 3.28. The molecule has 1 aromatic carbocycles. The van der Waals surface area contributed by atoms with Crippen LogP contribution >= 0.6 is 0 Å². The zero-order valence-corrected chi connectivity index (χ0v) is 11.1. The number of aromatic amines is 1. The minimum Gasteiger partial charge on any atom is -0.496 e. The molecule has 2 aromatic rings. The van der Waals surface area contributed by atoms with Crippen molar-refractivity contribution in [3.05, 3.63) is 29.6 Å². The molecule has 1 aliphatic heterocycles. The van der Waals surface area contributed by atoms with Crippen molar-refractivity contribution >= 4 is 5.97 Å². The van der Waals surface area contributed by atoms with E-state index < -0.39 is 5.97 Å². The fraction of sp³-hybridized carbons (Fsp3) is 0.286. The molecular weight excluding hydrogens is 260 g/mol. The summed E-state index contributed by atoms with van der Waals surface area (Å²) in [5.41, 5.74) is 1.81. The van der Waals surface area contributed by atoms with Crippen LogP contribution in [0.5, 0.6) is 11.5 Å². The molecule has 0 amide bonds. The highest BCUT2D eigenvalue weighted by molar-refractivity contribution is 5.86. The number of aromatic nitrogens is 2. The van der Waals surface area contributed by atoms with E-state index in [0.29, 0.717) is 17.1 Å². The molecule has 1 aromatic heterocycles. The molecule has 0 aliphatic carbocycles. The van der Waals surface area contributed by atoms with Crippen LogP contribution in [-0.4, -0.2) is 34.3 Å². The summed E-state index contributed by atoms with van der Waals surface area (Å²) in [7, 11) is 1.57. The van der Waals surface area contributed by atoms with Gasteiger partial charge in [0.05, 0.1) is 18.9 Å². The van der Waals surface area contributed by atoms with Crippen LogP contribution in [0, 0.1) is 0 Å². The number of nitrogens with one attached hydrogen (secondary N) is 1. The van der Waals surface area contributed by atoms with E-state index in [9.17, 15) is 4.79 Å². The lowest BCUT2D eigenvalue weighted by Crippen LogP contribution is -2.05. The lowest BCUT2D eigenvalue weighted by atomic mass is 10.1. The highest BCUT2D eigenvalue weighted by Crippen LogP contribution is 2.38. The summed E-state index contributed by atoms with van der Waals surface area (Å²) in [5.74, 6) is 0.841. The number of fused-ring (bicyclic) bond motifs is 1. The van der Waals surface area contributed by atoms with Gasteiger partial charge in [0.2, 0.25) is 0 Å². The molecule has 0 saturated heterocycles. The molecule has 1 atom stereocenters. The Hall–Kier alpha value is -2.50. The van der Waals surface area contributed by atoms with Crippen molar-refractivity contribution in [2.24, 2.45) is 0 Å². The third-order valence-corrected chi connectivity index (χ3v) is 3.28. The van der Waals surface area contributed by atoms with Gasteiger partial charge < -0.3 is 19.6 Å². The topological polar surface area (TPSA) is 84.4 Å². The third kappa shape index (κ3) is 1.99. The number of H-pyrrole nitrogens is 1. The molecular formula is C14H14N2O4. The van der Waals surface area contributed by atoms with E-state index in [-0.39, 0.29) is 11.8 Å². The van der Waals surface area contributed by atoms with Crippen molar-refractivity contribution in [3.8, 4) is 22.9 Å². The Labute approximate surface area is 115 Å².